The van der Waals surface area contributed by atoms with Gasteiger partial charge in [-0.1, -0.05) is 0 Å². The molecule has 0 radical (unpaired) electrons. The van der Waals surface area contributed by atoms with Gasteiger partial charge < -0.3 is 34.8 Å². The molecule has 0 aliphatic carbocycles. The summed E-state index contributed by atoms with van der Waals surface area (Å²) in [6.07, 6.45) is 0.712. The maximum atomic E-state index is 13.4. The lowest BCUT2D eigenvalue weighted by molar-refractivity contribution is 0.0734. The fourth-order valence-electron chi connectivity index (χ4n) is 5.50. The number of carbonyl (C=O) groups is 3. The summed E-state index contributed by atoms with van der Waals surface area (Å²) >= 11 is 0. The Labute approximate surface area is 256 Å². The van der Waals surface area contributed by atoms with Gasteiger partial charge in [0.15, 0.2) is 11.5 Å². The molecular formula is C33H36N6O5. The predicted octanol–water partition coefficient (Wildman–Crippen LogP) is 3.23. The molecule has 0 spiro atoms. The zero-order valence-corrected chi connectivity index (χ0v) is 25.0. The Morgan fingerprint density at radius 2 is 1.39 bits per heavy atom. The third kappa shape index (κ3) is 6.76. The highest BCUT2D eigenvalue weighted by Crippen LogP contribution is 2.31. The summed E-state index contributed by atoms with van der Waals surface area (Å²) < 4.78 is 10.7. The number of nitriles is 1. The maximum absolute atomic E-state index is 13.4. The number of ether oxygens (including phenoxy) is 2. The van der Waals surface area contributed by atoms with Crippen molar-refractivity contribution in [2.45, 2.75) is 6.42 Å². The van der Waals surface area contributed by atoms with Gasteiger partial charge in [0, 0.05) is 69.0 Å². The van der Waals surface area contributed by atoms with Gasteiger partial charge in [0.1, 0.15) is 0 Å². The number of carbonyl (C=O) groups excluding carboxylic acids is 3. The fraction of sp³-hybridized carbons (Fsp3) is 0.333. The van der Waals surface area contributed by atoms with Crippen molar-refractivity contribution >= 4 is 29.1 Å². The molecule has 2 aliphatic rings. The number of benzene rings is 3. The fourth-order valence-corrected chi connectivity index (χ4v) is 5.50. The maximum Gasteiger partial charge on any atom is 0.255 e. The van der Waals surface area contributed by atoms with E-state index in [2.05, 4.69) is 21.6 Å². The van der Waals surface area contributed by atoms with Gasteiger partial charge in [0.25, 0.3) is 17.7 Å². The zero-order valence-electron chi connectivity index (χ0n) is 25.0. The standard InChI is InChI=1S/C33H36N6O5/c1-43-29-11-9-26(21-30(29)44-2)33(42)38-15-3-14-37(18-19-38)28-10-8-25(32(41)39-16-12-35-13-17-39)20-27(28)36-31(40)24-6-4-23(22-34)5-7-24/h4-11,20-21,35H,3,12-19H2,1-2H3,(H,36,40). The molecular weight excluding hydrogens is 560 g/mol. The Kier molecular flexibility index (Phi) is 9.62. The van der Waals surface area contributed by atoms with E-state index in [-0.39, 0.29) is 17.7 Å². The Hall–Kier alpha value is -5.08. The first kappa shape index (κ1) is 30.4. The topological polar surface area (TPSA) is 127 Å². The van der Waals surface area contributed by atoms with Gasteiger partial charge in [-0.05, 0) is 67.1 Å². The molecule has 44 heavy (non-hydrogen) atoms. The van der Waals surface area contributed by atoms with E-state index in [0.717, 1.165) is 18.8 Å². The molecule has 2 saturated heterocycles. The molecule has 11 nitrogen and oxygen atoms in total. The van der Waals surface area contributed by atoms with E-state index in [9.17, 15) is 14.4 Å². The summed E-state index contributed by atoms with van der Waals surface area (Å²) in [6.45, 7) is 4.92. The van der Waals surface area contributed by atoms with E-state index in [0.29, 0.717) is 85.1 Å². The molecule has 0 atom stereocenters. The largest absolute Gasteiger partial charge is 0.493 e. The molecule has 2 fully saturated rings. The van der Waals surface area contributed by atoms with Crippen LogP contribution < -0.4 is 25.0 Å². The summed E-state index contributed by atoms with van der Waals surface area (Å²) in [5, 5.41) is 15.4. The molecule has 3 amide bonds. The summed E-state index contributed by atoms with van der Waals surface area (Å²) in [6, 6.07) is 19.0. The zero-order chi connectivity index (χ0) is 31.1. The van der Waals surface area contributed by atoms with Crippen LogP contribution in [0.2, 0.25) is 0 Å². The van der Waals surface area contributed by atoms with Crippen LogP contribution in [0.3, 0.4) is 0 Å². The summed E-state index contributed by atoms with van der Waals surface area (Å²) in [7, 11) is 3.09. The number of piperazine rings is 1. The molecule has 5 rings (SSSR count). The highest BCUT2D eigenvalue weighted by atomic mass is 16.5. The highest BCUT2D eigenvalue weighted by Gasteiger charge is 2.25. The average molecular weight is 597 g/mol. The summed E-state index contributed by atoms with van der Waals surface area (Å²) in [5.41, 5.74) is 3.15. The van der Waals surface area contributed by atoms with Crippen LogP contribution in [-0.4, -0.2) is 94.1 Å². The molecule has 0 saturated carbocycles. The smallest absolute Gasteiger partial charge is 0.255 e. The molecule has 0 bridgehead atoms. The normalized spacial score (nSPS) is 15.2. The van der Waals surface area contributed by atoms with Crippen LogP contribution in [-0.2, 0) is 0 Å². The number of rotatable bonds is 7. The van der Waals surface area contributed by atoms with Crippen molar-refractivity contribution in [1.29, 1.82) is 5.26 Å². The second-order valence-electron chi connectivity index (χ2n) is 10.6. The van der Waals surface area contributed by atoms with Crippen molar-refractivity contribution < 1.29 is 23.9 Å². The number of methoxy groups -OCH3 is 2. The molecule has 2 N–H and O–H groups in total. The molecule has 0 unspecified atom stereocenters. The minimum absolute atomic E-state index is 0.0884. The van der Waals surface area contributed by atoms with Crippen LogP contribution in [0.15, 0.2) is 60.7 Å². The van der Waals surface area contributed by atoms with Gasteiger partial charge >= 0.3 is 0 Å². The molecule has 2 aliphatic heterocycles. The minimum atomic E-state index is -0.345. The monoisotopic (exact) mass is 596 g/mol. The van der Waals surface area contributed by atoms with E-state index < -0.39 is 0 Å². The van der Waals surface area contributed by atoms with Crippen molar-refractivity contribution in [1.82, 2.24) is 15.1 Å². The predicted molar refractivity (Wildman–Crippen MR) is 167 cm³/mol. The SMILES string of the molecule is COc1ccc(C(=O)N2CCCN(c3ccc(C(=O)N4CCNCC4)cc3NC(=O)c3ccc(C#N)cc3)CC2)cc1OC. The number of nitrogens with one attached hydrogen (secondary N) is 2. The summed E-state index contributed by atoms with van der Waals surface area (Å²) in [4.78, 5) is 45.8. The quantitative estimate of drug-likeness (QED) is 0.426. The highest BCUT2D eigenvalue weighted by molar-refractivity contribution is 6.07. The molecule has 3 aromatic rings. The molecule has 3 aromatic carbocycles. The number of anilines is 2. The molecule has 11 heteroatoms. The van der Waals surface area contributed by atoms with E-state index in [1.165, 1.54) is 7.11 Å². The second kappa shape index (κ2) is 13.9. The Bertz CT molecular complexity index is 1560. The third-order valence-corrected chi connectivity index (χ3v) is 7.93. The van der Waals surface area contributed by atoms with Crippen LogP contribution in [0.5, 0.6) is 11.5 Å². The van der Waals surface area contributed by atoms with E-state index >= 15 is 0 Å². The average Bonchev–Trinajstić information content (AvgIpc) is 3.34. The van der Waals surface area contributed by atoms with Gasteiger partial charge in [-0.25, -0.2) is 0 Å². The number of hydrogen-bond acceptors (Lipinski definition) is 8. The third-order valence-electron chi connectivity index (χ3n) is 7.93. The van der Waals surface area contributed by atoms with Gasteiger partial charge in [0.05, 0.1) is 37.2 Å². The van der Waals surface area contributed by atoms with Crippen molar-refractivity contribution in [2.75, 3.05) is 76.8 Å². The van der Waals surface area contributed by atoms with Gasteiger partial charge in [-0.15, -0.1) is 0 Å². The minimum Gasteiger partial charge on any atom is -0.493 e. The van der Waals surface area contributed by atoms with Gasteiger partial charge in [0.2, 0.25) is 0 Å². The first-order valence-electron chi connectivity index (χ1n) is 14.6. The van der Waals surface area contributed by atoms with Crippen molar-refractivity contribution in [3.8, 4) is 17.6 Å². The van der Waals surface area contributed by atoms with Crippen LogP contribution in [0.25, 0.3) is 0 Å². The van der Waals surface area contributed by atoms with Gasteiger partial charge in [-0.2, -0.15) is 5.26 Å². The van der Waals surface area contributed by atoms with Crippen LogP contribution in [0.4, 0.5) is 11.4 Å². The Morgan fingerprint density at radius 3 is 2.07 bits per heavy atom. The first-order chi connectivity index (χ1) is 21.4. The molecule has 0 aromatic heterocycles. The lowest BCUT2D eigenvalue weighted by atomic mass is 10.1. The van der Waals surface area contributed by atoms with E-state index in [1.54, 1.807) is 66.6 Å². The van der Waals surface area contributed by atoms with Crippen molar-refractivity contribution in [2.24, 2.45) is 0 Å². The summed E-state index contributed by atoms with van der Waals surface area (Å²) in [5.74, 6) is 0.518. The molecule has 228 valence electrons. The van der Waals surface area contributed by atoms with Gasteiger partial charge in [-0.3, -0.25) is 14.4 Å². The lowest BCUT2D eigenvalue weighted by Crippen LogP contribution is -2.46. The van der Waals surface area contributed by atoms with Crippen LogP contribution in [0.1, 0.15) is 43.1 Å². The van der Waals surface area contributed by atoms with Crippen LogP contribution >= 0.6 is 0 Å². The first-order valence-corrected chi connectivity index (χ1v) is 14.6. The number of nitrogens with zero attached hydrogens (tertiary/aromatic N) is 4. The van der Waals surface area contributed by atoms with Crippen molar-refractivity contribution in [3.63, 3.8) is 0 Å². The lowest BCUT2D eigenvalue weighted by Gasteiger charge is -2.29. The number of amides is 3. The Balaban J connectivity index is 1.38. The Morgan fingerprint density at radius 1 is 0.750 bits per heavy atom. The number of hydrogen-bond donors (Lipinski definition) is 2. The van der Waals surface area contributed by atoms with Crippen LogP contribution in [0, 0.1) is 11.3 Å². The van der Waals surface area contributed by atoms with Crippen molar-refractivity contribution in [3.05, 3.63) is 82.9 Å². The van der Waals surface area contributed by atoms with E-state index in [1.807, 2.05) is 11.0 Å². The molecule has 2 heterocycles. The second-order valence-corrected chi connectivity index (χ2v) is 10.6. The van der Waals surface area contributed by atoms with E-state index in [4.69, 9.17) is 14.7 Å².